The van der Waals surface area contributed by atoms with Crippen LogP contribution < -0.4 is 15.2 Å². The summed E-state index contributed by atoms with van der Waals surface area (Å²) in [5, 5.41) is 7.94. The van der Waals surface area contributed by atoms with Gasteiger partial charge in [0.05, 0.1) is 31.1 Å². The first-order chi connectivity index (χ1) is 13.7. The minimum atomic E-state index is -3.96. The number of hydrogen-bond donors (Lipinski definition) is 2. The molecule has 0 aliphatic heterocycles. The lowest BCUT2D eigenvalue weighted by Crippen LogP contribution is -2.31. The number of nitrogens with two attached hydrogens (primary N) is 1. The number of carbonyl (C=O) groups excluding carboxylic acids is 2. The molecule has 0 aliphatic rings. The molecule has 1 unspecified atom stereocenters. The Morgan fingerprint density at radius 2 is 1.90 bits per heavy atom. The van der Waals surface area contributed by atoms with E-state index in [1.54, 1.807) is 38.1 Å². The first-order valence-electron chi connectivity index (χ1n) is 8.89. The van der Waals surface area contributed by atoms with Crippen LogP contribution in [0, 0.1) is 6.92 Å². The summed E-state index contributed by atoms with van der Waals surface area (Å²) in [4.78, 5) is 24.8. The normalized spacial score (nSPS) is 12.1. The molecule has 8 nitrogen and oxygen atoms in total. The SMILES string of the molecule is CCOC(=O)CC(NC(=O)c1cc(S(N)(=O)=O)ccc1C)c1cccc(OC)c1. The molecule has 0 fully saturated rings. The summed E-state index contributed by atoms with van der Waals surface area (Å²) in [7, 11) is -2.45. The van der Waals surface area contributed by atoms with E-state index in [4.69, 9.17) is 14.6 Å². The number of amides is 1. The smallest absolute Gasteiger partial charge is 0.308 e. The Kier molecular flexibility index (Phi) is 7.35. The van der Waals surface area contributed by atoms with Gasteiger partial charge in [0.2, 0.25) is 10.0 Å². The topological polar surface area (TPSA) is 125 Å². The number of benzene rings is 2. The van der Waals surface area contributed by atoms with E-state index in [1.807, 2.05) is 0 Å². The highest BCUT2D eigenvalue weighted by atomic mass is 32.2. The molecular weight excluding hydrogens is 396 g/mol. The van der Waals surface area contributed by atoms with Crippen molar-refractivity contribution in [3.63, 3.8) is 0 Å². The molecule has 2 aromatic carbocycles. The second-order valence-electron chi connectivity index (χ2n) is 6.33. The van der Waals surface area contributed by atoms with Gasteiger partial charge < -0.3 is 14.8 Å². The third kappa shape index (κ3) is 6.03. The number of sulfonamides is 1. The van der Waals surface area contributed by atoms with Crippen molar-refractivity contribution in [1.82, 2.24) is 5.32 Å². The summed E-state index contributed by atoms with van der Waals surface area (Å²) >= 11 is 0. The van der Waals surface area contributed by atoms with Crippen LogP contribution in [0.1, 0.15) is 40.9 Å². The lowest BCUT2D eigenvalue weighted by molar-refractivity contribution is -0.143. The van der Waals surface area contributed by atoms with Gasteiger partial charge in [-0.05, 0) is 49.2 Å². The molecule has 156 valence electrons. The molecule has 0 spiro atoms. The van der Waals surface area contributed by atoms with Gasteiger partial charge in [0, 0.05) is 5.56 Å². The highest BCUT2D eigenvalue weighted by Gasteiger charge is 2.22. The first kappa shape index (κ1) is 22.4. The van der Waals surface area contributed by atoms with Crippen molar-refractivity contribution < 1.29 is 27.5 Å². The maximum absolute atomic E-state index is 12.9. The van der Waals surface area contributed by atoms with Gasteiger partial charge in [0.15, 0.2) is 0 Å². The standard InChI is InChI=1S/C20H24N2O6S/c1-4-28-19(23)12-18(14-6-5-7-15(10-14)27-3)22-20(24)17-11-16(29(21,25)26)9-8-13(17)2/h5-11,18H,4,12H2,1-3H3,(H,22,24)(H2,21,25,26). The van der Waals surface area contributed by atoms with Crippen molar-refractivity contribution in [2.24, 2.45) is 5.14 Å². The van der Waals surface area contributed by atoms with Gasteiger partial charge in [-0.1, -0.05) is 18.2 Å². The van der Waals surface area contributed by atoms with Crippen LogP contribution in [0.25, 0.3) is 0 Å². The van der Waals surface area contributed by atoms with Gasteiger partial charge in [-0.3, -0.25) is 9.59 Å². The van der Waals surface area contributed by atoms with Crippen LogP contribution in [-0.2, 0) is 19.6 Å². The zero-order chi connectivity index (χ0) is 21.6. The van der Waals surface area contributed by atoms with Crippen molar-refractivity contribution in [3.8, 4) is 5.75 Å². The molecule has 1 atom stereocenters. The number of ether oxygens (including phenoxy) is 2. The number of hydrogen-bond acceptors (Lipinski definition) is 6. The molecular formula is C20H24N2O6S. The van der Waals surface area contributed by atoms with Crippen molar-refractivity contribution in [1.29, 1.82) is 0 Å². The van der Waals surface area contributed by atoms with Gasteiger partial charge in [-0.25, -0.2) is 13.6 Å². The molecule has 0 bridgehead atoms. The Hall–Kier alpha value is -2.91. The van der Waals surface area contributed by atoms with E-state index in [1.165, 1.54) is 25.3 Å². The van der Waals surface area contributed by atoms with Crippen molar-refractivity contribution in [2.45, 2.75) is 31.2 Å². The number of rotatable bonds is 8. The van der Waals surface area contributed by atoms with Gasteiger partial charge >= 0.3 is 5.97 Å². The molecule has 0 radical (unpaired) electrons. The van der Waals surface area contributed by atoms with E-state index in [9.17, 15) is 18.0 Å². The molecule has 29 heavy (non-hydrogen) atoms. The first-order valence-corrected chi connectivity index (χ1v) is 10.4. The van der Waals surface area contributed by atoms with Crippen molar-refractivity contribution in [3.05, 3.63) is 59.2 Å². The Balaban J connectivity index is 2.37. The molecule has 0 aromatic heterocycles. The van der Waals surface area contributed by atoms with Crippen molar-refractivity contribution >= 4 is 21.9 Å². The Morgan fingerprint density at radius 1 is 1.17 bits per heavy atom. The predicted molar refractivity (Wildman–Crippen MR) is 107 cm³/mol. The van der Waals surface area contributed by atoms with E-state index >= 15 is 0 Å². The number of methoxy groups -OCH3 is 1. The summed E-state index contributed by atoms with van der Waals surface area (Å²) in [6, 6.07) is 10.3. The van der Waals surface area contributed by atoms with Crippen LogP contribution in [0.15, 0.2) is 47.4 Å². The lowest BCUT2D eigenvalue weighted by atomic mass is 10.0. The Bertz CT molecular complexity index is 1000. The average molecular weight is 420 g/mol. The van der Waals surface area contributed by atoms with E-state index in [0.29, 0.717) is 16.9 Å². The highest BCUT2D eigenvalue weighted by molar-refractivity contribution is 7.89. The molecule has 3 N–H and O–H groups in total. The van der Waals surface area contributed by atoms with Crippen LogP contribution in [0.3, 0.4) is 0 Å². The predicted octanol–water partition coefficient (Wildman–Crippen LogP) is 2.08. The molecule has 1 amide bonds. The highest BCUT2D eigenvalue weighted by Crippen LogP contribution is 2.23. The van der Waals surface area contributed by atoms with Gasteiger partial charge in [-0.15, -0.1) is 0 Å². The van der Waals surface area contributed by atoms with Crippen LogP contribution in [0.2, 0.25) is 0 Å². The van der Waals surface area contributed by atoms with Gasteiger partial charge in [0.1, 0.15) is 5.75 Å². The molecule has 0 heterocycles. The summed E-state index contributed by atoms with van der Waals surface area (Å²) < 4.78 is 33.5. The number of nitrogens with one attached hydrogen (secondary N) is 1. The Morgan fingerprint density at radius 3 is 2.52 bits per heavy atom. The minimum Gasteiger partial charge on any atom is -0.497 e. The maximum atomic E-state index is 12.9. The molecule has 2 rings (SSSR count). The molecule has 2 aromatic rings. The van der Waals surface area contributed by atoms with Gasteiger partial charge in [-0.2, -0.15) is 0 Å². The quantitative estimate of drug-likeness (QED) is 0.630. The summed E-state index contributed by atoms with van der Waals surface area (Å²) in [5.74, 6) is -0.446. The number of esters is 1. The largest absolute Gasteiger partial charge is 0.497 e. The summed E-state index contributed by atoms with van der Waals surface area (Å²) in [6.45, 7) is 3.58. The lowest BCUT2D eigenvalue weighted by Gasteiger charge is -2.20. The van der Waals surface area contributed by atoms with E-state index in [2.05, 4.69) is 5.32 Å². The zero-order valence-electron chi connectivity index (χ0n) is 16.5. The summed E-state index contributed by atoms with van der Waals surface area (Å²) in [5.41, 5.74) is 1.36. The second kappa shape index (κ2) is 9.53. The molecule has 0 saturated carbocycles. The van der Waals surface area contributed by atoms with Crippen molar-refractivity contribution in [2.75, 3.05) is 13.7 Å². The fraction of sp³-hybridized carbons (Fsp3) is 0.300. The molecule has 0 saturated heterocycles. The number of aryl methyl sites for hydroxylation is 1. The number of primary sulfonamides is 1. The van der Waals surface area contributed by atoms with E-state index in [-0.39, 0.29) is 23.5 Å². The fourth-order valence-electron chi connectivity index (χ4n) is 2.76. The Labute approximate surface area is 170 Å². The third-order valence-corrected chi connectivity index (χ3v) is 5.17. The molecule has 0 aliphatic carbocycles. The van der Waals surface area contributed by atoms with E-state index < -0.39 is 27.9 Å². The zero-order valence-corrected chi connectivity index (χ0v) is 17.3. The van der Waals surface area contributed by atoms with Crippen LogP contribution >= 0.6 is 0 Å². The van der Waals surface area contributed by atoms with Crippen LogP contribution in [0.5, 0.6) is 5.75 Å². The maximum Gasteiger partial charge on any atom is 0.308 e. The fourth-order valence-corrected chi connectivity index (χ4v) is 3.30. The van der Waals surface area contributed by atoms with Crippen LogP contribution in [-0.4, -0.2) is 34.0 Å². The van der Waals surface area contributed by atoms with Gasteiger partial charge in [0.25, 0.3) is 5.91 Å². The van der Waals surface area contributed by atoms with E-state index in [0.717, 1.165) is 0 Å². The van der Waals surface area contributed by atoms with Crippen LogP contribution in [0.4, 0.5) is 0 Å². The number of carbonyl (C=O) groups is 2. The monoisotopic (exact) mass is 420 g/mol. The summed E-state index contributed by atoms with van der Waals surface area (Å²) in [6.07, 6.45) is -0.0966. The average Bonchev–Trinajstić information content (AvgIpc) is 2.67. The minimum absolute atomic E-state index is 0.0966. The second-order valence-corrected chi connectivity index (χ2v) is 7.89. The molecule has 9 heteroatoms. The third-order valence-electron chi connectivity index (χ3n) is 4.26.